The van der Waals surface area contributed by atoms with Crippen molar-refractivity contribution in [1.29, 1.82) is 0 Å². The Kier molecular flexibility index (Phi) is 13.2. The van der Waals surface area contributed by atoms with Crippen molar-refractivity contribution in [3.8, 4) is 0 Å². The number of nitrogens with zero attached hydrogens (tertiary/aromatic N) is 1. The molecule has 0 aromatic heterocycles. The summed E-state index contributed by atoms with van der Waals surface area (Å²) in [6.07, 6.45) is 9.37. The standard InChI is InChI=1S/C17H35N3O2S.HI/c1-4-18-17(19-13-14-23(21,22)5-2)20-15(3)11-12-16-9-7-6-8-10-16;/h15-16H,4-14H2,1-3H3,(H2,18,19,20);1H. The molecule has 0 aromatic carbocycles. The molecule has 0 spiro atoms. The van der Waals surface area contributed by atoms with E-state index in [1.165, 1.54) is 38.5 Å². The van der Waals surface area contributed by atoms with Gasteiger partial charge in [0.1, 0.15) is 0 Å². The summed E-state index contributed by atoms with van der Waals surface area (Å²) in [7, 11) is -2.95. The Hall–Kier alpha value is -0.0500. The molecule has 1 aliphatic rings. The monoisotopic (exact) mass is 473 g/mol. The number of guanidine groups is 1. The highest BCUT2D eigenvalue weighted by Crippen LogP contribution is 2.27. The van der Waals surface area contributed by atoms with E-state index in [9.17, 15) is 8.42 Å². The summed E-state index contributed by atoms with van der Waals surface area (Å²) >= 11 is 0. The molecule has 0 aromatic rings. The van der Waals surface area contributed by atoms with Gasteiger partial charge in [-0.05, 0) is 32.6 Å². The average molecular weight is 473 g/mol. The van der Waals surface area contributed by atoms with Crippen LogP contribution in [0, 0.1) is 5.92 Å². The SMILES string of the molecule is CCNC(=NCCS(=O)(=O)CC)NC(C)CCC1CCCCC1.I. The lowest BCUT2D eigenvalue weighted by molar-refractivity contribution is 0.322. The van der Waals surface area contributed by atoms with E-state index in [4.69, 9.17) is 0 Å². The normalized spacial score (nSPS) is 17.9. The molecule has 2 N–H and O–H groups in total. The predicted molar refractivity (Wildman–Crippen MR) is 114 cm³/mol. The van der Waals surface area contributed by atoms with Crippen molar-refractivity contribution >= 4 is 39.8 Å². The van der Waals surface area contributed by atoms with Gasteiger partial charge in [-0.1, -0.05) is 39.0 Å². The number of nitrogens with one attached hydrogen (secondary N) is 2. The van der Waals surface area contributed by atoms with Crippen LogP contribution in [0.1, 0.15) is 65.7 Å². The Bertz CT molecular complexity index is 449. The molecule has 0 amide bonds. The first-order chi connectivity index (χ1) is 11.0. The second-order valence-corrected chi connectivity index (χ2v) is 9.10. The van der Waals surface area contributed by atoms with Crippen molar-refractivity contribution in [3.63, 3.8) is 0 Å². The summed E-state index contributed by atoms with van der Waals surface area (Å²) in [4.78, 5) is 4.40. The Balaban J connectivity index is 0.00000529. The molecule has 0 radical (unpaired) electrons. The third-order valence-electron chi connectivity index (χ3n) is 4.57. The van der Waals surface area contributed by atoms with Crippen LogP contribution < -0.4 is 10.6 Å². The molecule has 7 heteroatoms. The van der Waals surface area contributed by atoms with E-state index in [1.54, 1.807) is 6.92 Å². The molecule has 1 aliphatic carbocycles. The second kappa shape index (κ2) is 13.2. The van der Waals surface area contributed by atoms with Gasteiger partial charge in [-0.2, -0.15) is 0 Å². The molecule has 0 bridgehead atoms. The molecular formula is C17H36IN3O2S. The van der Waals surface area contributed by atoms with Gasteiger partial charge in [-0.25, -0.2) is 8.42 Å². The molecule has 0 heterocycles. The zero-order valence-electron chi connectivity index (χ0n) is 15.5. The van der Waals surface area contributed by atoms with Gasteiger partial charge in [-0.3, -0.25) is 4.99 Å². The average Bonchev–Trinajstić information content (AvgIpc) is 2.54. The van der Waals surface area contributed by atoms with Gasteiger partial charge >= 0.3 is 0 Å². The molecule has 1 saturated carbocycles. The Morgan fingerprint density at radius 1 is 1.21 bits per heavy atom. The van der Waals surface area contributed by atoms with Crippen LogP contribution >= 0.6 is 24.0 Å². The summed E-state index contributed by atoms with van der Waals surface area (Å²) in [5.74, 6) is 1.93. The van der Waals surface area contributed by atoms with E-state index in [0.717, 1.165) is 24.8 Å². The summed E-state index contributed by atoms with van der Waals surface area (Å²) in [5, 5.41) is 6.61. The van der Waals surface area contributed by atoms with Crippen LogP contribution in [-0.4, -0.2) is 45.0 Å². The van der Waals surface area contributed by atoms with Crippen molar-refractivity contribution < 1.29 is 8.42 Å². The second-order valence-electron chi connectivity index (χ2n) is 6.62. The van der Waals surface area contributed by atoms with Crippen LogP contribution in [0.3, 0.4) is 0 Å². The van der Waals surface area contributed by atoms with Crippen molar-refractivity contribution in [3.05, 3.63) is 0 Å². The highest BCUT2D eigenvalue weighted by atomic mass is 127. The largest absolute Gasteiger partial charge is 0.357 e. The van der Waals surface area contributed by atoms with Gasteiger partial charge in [0.2, 0.25) is 0 Å². The molecular weight excluding hydrogens is 437 g/mol. The van der Waals surface area contributed by atoms with E-state index in [1.807, 2.05) is 6.92 Å². The fourth-order valence-corrected chi connectivity index (χ4v) is 3.69. The molecule has 1 unspecified atom stereocenters. The van der Waals surface area contributed by atoms with Gasteiger partial charge in [0.15, 0.2) is 15.8 Å². The van der Waals surface area contributed by atoms with Gasteiger partial charge in [0.25, 0.3) is 0 Å². The minimum Gasteiger partial charge on any atom is -0.357 e. The van der Waals surface area contributed by atoms with Crippen LogP contribution in [0.5, 0.6) is 0 Å². The third kappa shape index (κ3) is 10.7. The van der Waals surface area contributed by atoms with Crippen molar-refractivity contribution in [2.45, 2.75) is 71.8 Å². The Labute approximate surface area is 165 Å². The first kappa shape index (κ1) is 23.9. The van der Waals surface area contributed by atoms with E-state index in [0.29, 0.717) is 12.6 Å². The Morgan fingerprint density at radius 3 is 2.46 bits per heavy atom. The summed E-state index contributed by atoms with van der Waals surface area (Å²) in [6.45, 7) is 6.98. The van der Waals surface area contributed by atoms with Crippen LogP contribution in [0.2, 0.25) is 0 Å². The molecule has 1 rings (SSSR count). The molecule has 144 valence electrons. The summed E-state index contributed by atoms with van der Waals surface area (Å²) in [5.41, 5.74) is 0. The number of hydrogen-bond acceptors (Lipinski definition) is 3. The minimum atomic E-state index is -2.95. The number of halogens is 1. The maximum atomic E-state index is 11.5. The van der Waals surface area contributed by atoms with E-state index >= 15 is 0 Å². The zero-order valence-corrected chi connectivity index (χ0v) is 18.7. The topological polar surface area (TPSA) is 70.6 Å². The fourth-order valence-electron chi connectivity index (χ4n) is 3.03. The highest BCUT2D eigenvalue weighted by Gasteiger charge is 2.15. The molecule has 5 nitrogen and oxygen atoms in total. The lowest BCUT2D eigenvalue weighted by Gasteiger charge is -2.24. The first-order valence-electron chi connectivity index (χ1n) is 9.22. The van der Waals surface area contributed by atoms with Crippen LogP contribution in [-0.2, 0) is 9.84 Å². The van der Waals surface area contributed by atoms with E-state index in [2.05, 4.69) is 22.5 Å². The van der Waals surface area contributed by atoms with Gasteiger partial charge in [0, 0.05) is 18.3 Å². The lowest BCUT2D eigenvalue weighted by Crippen LogP contribution is -2.42. The molecule has 0 aliphatic heterocycles. The number of hydrogen-bond donors (Lipinski definition) is 2. The molecule has 24 heavy (non-hydrogen) atoms. The van der Waals surface area contributed by atoms with Crippen molar-refractivity contribution in [2.75, 3.05) is 24.6 Å². The van der Waals surface area contributed by atoms with Crippen LogP contribution in [0.25, 0.3) is 0 Å². The maximum Gasteiger partial charge on any atom is 0.191 e. The Morgan fingerprint density at radius 2 is 1.88 bits per heavy atom. The lowest BCUT2D eigenvalue weighted by atomic mass is 9.85. The maximum absolute atomic E-state index is 11.5. The van der Waals surface area contributed by atoms with Crippen molar-refractivity contribution in [1.82, 2.24) is 10.6 Å². The van der Waals surface area contributed by atoms with Crippen molar-refractivity contribution in [2.24, 2.45) is 10.9 Å². The van der Waals surface area contributed by atoms with E-state index in [-0.39, 0.29) is 35.5 Å². The molecule has 0 saturated heterocycles. The molecule has 1 fully saturated rings. The zero-order chi connectivity index (χ0) is 17.1. The van der Waals surface area contributed by atoms with Crippen LogP contribution in [0.15, 0.2) is 4.99 Å². The van der Waals surface area contributed by atoms with Gasteiger partial charge < -0.3 is 10.6 Å². The van der Waals surface area contributed by atoms with Gasteiger partial charge in [-0.15, -0.1) is 24.0 Å². The third-order valence-corrected chi connectivity index (χ3v) is 6.26. The van der Waals surface area contributed by atoms with E-state index < -0.39 is 9.84 Å². The fraction of sp³-hybridized carbons (Fsp3) is 0.941. The number of sulfone groups is 1. The summed E-state index contributed by atoms with van der Waals surface area (Å²) in [6, 6.07) is 0.359. The first-order valence-corrected chi connectivity index (χ1v) is 11.0. The predicted octanol–water partition coefficient (Wildman–Crippen LogP) is 3.34. The number of rotatable bonds is 9. The quantitative estimate of drug-likeness (QED) is 0.306. The smallest absolute Gasteiger partial charge is 0.191 e. The number of aliphatic imine (C=N–C) groups is 1. The minimum absolute atomic E-state index is 0. The highest BCUT2D eigenvalue weighted by molar-refractivity contribution is 14.0. The summed E-state index contributed by atoms with van der Waals surface area (Å²) < 4.78 is 23.1. The van der Waals surface area contributed by atoms with Gasteiger partial charge in [0.05, 0.1) is 12.3 Å². The molecule has 1 atom stereocenters. The van der Waals surface area contributed by atoms with Crippen LogP contribution in [0.4, 0.5) is 0 Å².